The predicted octanol–water partition coefficient (Wildman–Crippen LogP) is 3.41. The second-order valence-corrected chi connectivity index (χ2v) is 3.72. The van der Waals surface area contributed by atoms with Gasteiger partial charge in [0.25, 0.3) is 0 Å². The van der Waals surface area contributed by atoms with E-state index >= 15 is 0 Å². The lowest BCUT2D eigenvalue weighted by Crippen LogP contribution is -1.96. The van der Waals surface area contributed by atoms with E-state index < -0.39 is 17.6 Å². The minimum absolute atomic E-state index is 0.00411. The molecule has 2 aromatic rings. The van der Waals surface area contributed by atoms with Gasteiger partial charge in [0, 0.05) is 11.8 Å². The van der Waals surface area contributed by atoms with Gasteiger partial charge >= 0.3 is 5.97 Å². The first-order chi connectivity index (χ1) is 9.09. The third kappa shape index (κ3) is 2.82. The Morgan fingerprint density at radius 2 is 1.84 bits per heavy atom. The van der Waals surface area contributed by atoms with Crippen molar-refractivity contribution in [2.75, 3.05) is 0 Å². The SMILES string of the molecule is O=C(O)c1ccccc1/N=C/c1cccc(F)c1F. The Bertz CT molecular complexity index is 654. The van der Waals surface area contributed by atoms with Crippen LogP contribution in [0.4, 0.5) is 14.5 Å². The Morgan fingerprint density at radius 3 is 2.58 bits per heavy atom. The molecule has 0 spiro atoms. The van der Waals surface area contributed by atoms with Gasteiger partial charge < -0.3 is 5.11 Å². The van der Waals surface area contributed by atoms with E-state index in [9.17, 15) is 13.6 Å². The number of carboxylic acid groups (broad SMARTS) is 1. The number of hydrogen-bond acceptors (Lipinski definition) is 2. The van der Waals surface area contributed by atoms with Gasteiger partial charge in [0.1, 0.15) is 0 Å². The summed E-state index contributed by atoms with van der Waals surface area (Å²) in [7, 11) is 0. The van der Waals surface area contributed by atoms with Crippen LogP contribution >= 0.6 is 0 Å². The fourth-order valence-electron chi connectivity index (χ4n) is 1.53. The average Bonchev–Trinajstić information content (AvgIpc) is 2.40. The van der Waals surface area contributed by atoms with Gasteiger partial charge in [-0.2, -0.15) is 0 Å². The highest BCUT2D eigenvalue weighted by atomic mass is 19.2. The largest absolute Gasteiger partial charge is 0.478 e. The van der Waals surface area contributed by atoms with E-state index in [2.05, 4.69) is 4.99 Å². The van der Waals surface area contributed by atoms with Crippen molar-refractivity contribution in [1.29, 1.82) is 0 Å². The monoisotopic (exact) mass is 261 g/mol. The maximum absolute atomic E-state index is 13.4. The van der Waals surface area contributed by atoms with Crippen LogP contribution in [0.3, 0.4) is 0 Å². The molecule has 0 aliphatic carbocycles. The van der Waals surface area contributed by atoms with E-state index in [-0.39, 0.29) is 16.8 Å². The van der Waals surface area contributed by atoms with Crippen LogP contribution in [0.5, 0.6) is 0 Å². The molecule has 19 heavy (non-hydrogen) atoms. The Balaban J connectivity index is 2.38. The molecule has 0 heterocycles. The van der Waals surface area contributed by atoms with Crippen LogP contribution in [0.2, 0.25) is 0 Å². The highest BCUT2D eigenvalue weighted by molar-refractivity contribution is 5.95. The second-order valence-electron chi connectivity index (χ2n) is 3.72. The number of hydrogen-bond donors (Lipinski definition) is 1. The Morgan fingerprint density at radius 1 is 1.11 bits per heavy atom. The minimum atomic E-state index is -1.13. The summed E-state index contributed by atoms with van der Waals surface area (Å²) in [5.41, 5.74) is 0.134. The summed E-state index contributed by atoms with van der Waals surface area (Å²) in [5, 5.41) is 8.95. The van der Waals surface area contributed by atoms with Crippen molar-refractivity contribution in [2.45, 2.75) is 0 Å². The molecule has 0 aliphatic heterocycles. The maximum atomic E-state index is 13.4. The smallest absolute Gasteiger partial charge is 0.337 e. The fourth-order valence-corrected chi connectivity index (χ4v) is 1.53. The first-order valence-electron chi connectivity index (χ1n) is 5.40. The van der Waals surface area contributed by atoms with Crippen LogP contribution in [0.25, 0.3) is 0 Å². The number of benzene rings is 2. The minimum Gasteiger partial charge on any atom is -0.478 e. The van der Waals surface area contributed by atoms with E-state index in [1.165, 1.54) is 24.3 Å². The molecule has 0 aliphatic rings. The molecule has 3 nitrogen and oxygen atoms in total. The standard InChI is InChI=1S/C14H9F2NO2/c15-11-6-3-4-9(13(11)16)8-17-12-7-2-1-5-10(12)14(18)19/h1-8H,(H,18,19)/b17-8+. The first kappa shape index (κ1) is 12.9. The van der Waals surface area contributed by atoms with E-state index in [1.54, 1.807) is 12.1 Å². The normalized spacial score (nSPS) is 10.8. The molecule has 2 rings (SSSR count). The maximum Gasteiger partial charge on any atom is 0.337 e. The van der Waals surface area contributed by atoms with Crippen LogP contribution < -0.4 is 0 Å². The van der Waals surface area contributed by atoms with E-state index in [1.807, 2.05) is 0 Å². The van der Waals surface area contributed by atoms with Gasteiger partial charge in [0.15, 0.2) is 11.6 Å². The van der Waals surface area contributed by atoms with Crippen LogP contribution in [-0.4, -0.2) is 17.3 Å². The lowest BCUT2D eigenvalue weighted by atomic mass is 10.2. The summed E-state index contributed by atoms with van der Waals surface area (Å²) >= 11 is 0. The number of nitrogens with zero attached hydrogens (tertiary/aromatic N) is 1. The van der Waals surface area contributed by atoms with Crippen molar-refractivity contribution in [1.82, 2.24) is 0 Å². The summed E-state index contributed by atoms with van der Waals surface area (Å²) < 4.78 is 26.4. The molecular weight excluding hydrogens is 252 g/mol. The third-order valence-corrected chi connectivity index (χ3v) is 2.46. The zero-order chi connectivity index (χ0) is 13.8. The summed E-state index contributed by atoms with van der Waals surface area (Å²) in [6.45, 7) is 0. The molecule has 0 aromatic heterocycles. The van der Waals surface area contributed by atoms with Crippen LogP contribution in [0.15, 0.2) is 47.5 Å². The number of carboxylic acids is 1. The molecule has 0 fully saturated rings. The van der Waals surface area contributed by atoms with Crippen molar-refractivity contribution in [3.8, 4) is 0 Å². The number of aliphatic imine (C=N–C) groups is 1. The van der Waals surface area contributed by atoms with Gasteiger partial charge in [-0.15, -0.1) is 0 Å². The lowest BCUT2D eigenvalue weighted by molar-refractivity contribution is 0.0698. The summed E-state index contributed by atoms with van der Waals surface area (Å²) in [6, 6.07) is 9.74. The highest BCUT2D eigenvalue weighted by Crippen LogP contribution is 2.19. The average molecular weight is 261 g/mol. The Hall–Kier alpha value is -2.56. The summed E-state index contributed by atoms with van der Waals surface area (Å²) in [6.07, 6.45) is 1.10. The second kappa shape index (κ2) is 5.39. The molecular formula is C14H9F2NO2. The number of para-hydroxylation sites is 1. The zero-order valence-electron chi connectivity index (χ0n) is 9.68. The Kier molecular flexibility index (Phi) is 3.66. The third-order valence-electron chi connectivity index (χ3n) is 2.46. The van der Waals surface area contributed by atoms with Crippen molar-refractivity contribution in [3.05, 3.63) is 65.2 Å². The van der Waals surface area contributed by atoms with Gasteiger partial charge in [0.2, 0.25) is 0 Å². The molecule has 0 amide bonds. The molecule has 0 radical (unpaired) electrons. The topological polar surface area (TPSA) is 49.7 Å². The van der Waals surface area contributed by atoms with Crippen molar-refractivity contribution < 1.29 is 18.7 Å². The molecule has 0 atom stereocenters. The van der Waals surface area contributed by atoms with Gasteiger partial charge in [-0.05, 0) is 18.2 Å². The van der Waals surface area contributed by atoms with Gasteiger partial charge in [-0.25, -0.2) is 13.6 Å². The van der Waals surface area contributed by atoms with Crippen molar-refractivity contribution >= 4 is 17.9 Å². The molecule has 5 heteroatoms. The van der Waals surface area contributed by atoms with Gasteiger partial charge in [0.05, 0.1) is 11.3 Å². The summed E-state index contributed by atoms with van der Waals surface area (Å²) in [5.74, 6) is -3.12. The van der Waals surface area contributed by atoms with E-state index in [0.717, 1.165) is 12.3 Å². The van der Waals surface area contributed by atoms with Crippen LogP contribution in [-0.2, 0) is 0 Å². The zero-order valence-corrected chi connectivity index (χ0v) is 9.68. The Labute approximate surface area is 107 Å². The lowest BCUT2D eigenvalue weighted by Gasteiger charge is -2.00. The number of carbonyl (C=O) groups is 1. The van der Waals surface area contributed by atoms with Crippen molar-refractivity contribution in [2.24, 2.45) is 4.99 Å². The van der Waals surface area contributed by atoms with Crippen LogP contribution in [0.1, 0.15) is 15.9 Å². The number of aromatic carboxylic acids is 1. The molecule has 1 N–H and O–H groups in total. The number of halogens is 2. The van der Waals surface area contributed by atoms with Gasteiger partial charge in [-0.1, -0.05) is 24.3 Å². The van der Waals surface area contributed by atoms with E-state index in [0.29, 0.717) is 0 Å². The molecule has 0 saturated carbocycles. The molecule has 0 bridgehead atoms. The van der Waals surface area contributed by atoms with Gasteiger partial charge in [-0.3, -0.25) is 4.99 Å². The highest BCUT2D eigenvalue weighted by Gasteiger charge is 2.08. The molecule has 0 saturated heterocycles. The number of rotatable bonds is 3. The summed E-state index contributed by atoms with van der Waals surface area (Å²) in [4.78, 5) is 14.8. The molecule has 96 valence electrons. The van der Waals surface area contributed by atoms with Crippen LogP contribution in [0, 0.1) is 11.6 Å². The van der Waals surface area contributed by atoms with Crippen molar-refractivity contribution in [3.63, 3.8) is 0 Å². The van der Waals surface area contributed by atoms with E-state index in [4.69, 9.17) is 5.11 Å². The molecule has 2 aromatic carbocycles. The molecule has 0 unspecified atom stereocenters. The predicted molar refractivity (Wildman–Crippen MR) is 67.0 cm³/mol. The fraction of sp³-hybridized carbons (Fsp3) is 0. The first-order valence-corrected chi connectivity index (χ1v) is 5.40. The quantitative estimate of drug-likeness (QED) is 0.861.